The first kappa shape index (κ1) is 12.4. The van der Waals surface area contributed by atoms with Crippen molar-refractivity contribution in [1.82, 2.24) is 10.6 Å². The van der Waals surface area contributed by atoms with Gasteiger partial charge in [0.05, 0.1) is 0 Å². The van der Waals surface area contributed by atoms with E-state index < -0.39 is 0 Å². The Morgan fingerprint density at radius 1 is 1.17 bits per heavy atom. The summed E-state index contributed by atoms with van der Waals surface area (Å²) in [6.07, 6.45) is 6.77. The maximum Gasteiger partial charge on any atom is 0.223 e. The fourth-order valence-corrected chi connectivity index (χ4v) is 3.73. The van der Waals surface area contributed by atoms with Gasteiger partial charge in [-0.15, -0.1) is 0 Å². The lowest BCUT2D eigenvalue weighted by Gasteiger charge is -2.50. The van der Waals surface area contributed by atoms with Crippen LogP contribution >= 0.6 is 0 Å². The van der Waals surface area contributed by atoms with E-state index in [4.69, 9.17) is 4.74 Å². The van der Waals surface area contributed by atoms with E-state index in [0.717, 1.165) is 39.1 Å². The largest absolute Gasteiger partial charge is 0.381 e. The summed E-state index contributed by atoms with van der Waals surface area (Å²) >= 11 is 0. The topological polar surface area (TPSA) is 50.4 Å². The van der Waals surface area contributed by atoms with Crippen molar-refractivity contribution in [2.24, 2.45) is 11.3 Å². The zero-order valence-corrected chi connectivity index (χ0v) is 11.0. The Hall–Kier alpha value is -0.610. The first-order valence-electron chi connectivity index (χ1n) is 7.36. The highest BCUT2D eigenvalue weighted by atomic mass is 16.5. The molecular formula is C14H24N2O2. The van der Waals surface area contributed by atoms with Crippen LogP contribution in [0.25, 0.3) is 0 Å². The van der Waals surface area contributed by atoms with Gasteiger partial charge in [-0.2, -0.15) is 0 Å². The number of piperidine rings is 1. The fourth-order valence-electron chi connectivity index (χ4n) is 3.73. The predicted octanol–water partition coefficient (Wildman–Crippen LogP) is 1.06. The van der Waals surface area contributed by atoms with Gasteiger partial charge in [0.25, 0.3) is 0 Å². The molecule has 0 aromatic heterocycles. The smallest absolute Gasteiger partial charge is 0.223 e. The van der Waals surface area contributed by atoms with E-state index >= 15 is 0 Å². The fraction of sp³-hybridized carbons (Fsp3) is 0.929. The average molecular weight is 252 g/mol. The van der Waals surface area contributed by atoms with Crippen LogP contribution in [-0.4, -0.2) is 38.3 Å². The SMILES string of the molecule is O=C(NC1CC2(CCNCC2)C1)C1CCOCC1. The van der Waals surface area contributed by atoms with E-state index in [1.165, 1.54) is 25.7 Å². The third-order valence-corrected chi connectivity index (χ3v) is 4.96. The molecule has 0 bridgehead atoms. The van der Waals surface area contributed by atoms with E-state index in [0.29, 0.717) is 11.5 Å². The molecule has 3 aliphatic rings. The van der Waals surface area contributed by atoms with Crippen molar-refractivity contribution < 1.29 is 9.53 Å². The molecule has 0 unspecified atom stereocenters. The van der Waals surface area contributed by atoms with Crippen molar-refractivity contribution in [3.05, 3.63) is 0 Å². The lowest BCUT2D eigenvalue weighted by atomic mass is 9.60. The van der Waals surface area contributed by atoms with Crippen LogP contribution in [0.5, 0.6) is 0 Å². The van der Waals surface area contributed by atoms with Crippen LogP contribution in [0.4, 0.5) is 0 Å². The number of nitrogens with one attached hydrogen (secondary N) is 2. The van der Waals surface area contributed by atoms with Crippen LogP contribution in [-0.2, 0) is 9.53 Å². The Morgan fingerprint density at radius 2 is 1.83 bits per heavy atom. The summed E-state index contributed by atoms with van der Waals surface area (Å²) in [7, 11) is 0. The third kappa shape index (κ3) is 2.54. The molecule has 0 aromatic rings. The highest BCUT2D eigenvalue weighted by Crippen LogP contribution is 2.47. The van der Waals surface area contributed by atoms with Gasteiger partial charge in [-0.3, -0.25) is 4.79 Å². The first-order valence-corrected chi connectivity index (χ1v) is 7.36. The molecule has 1 saturated carbocycles. The molecule has 102 valence electrons. The lowest BCUT2D eigenvalue weighted by Crippen LogP contribution is -2.55. The van der Waals surface area contributed by atoms with Crippen molar-refractivity contribution in [1.29, 1.82) is 0 Å². The molecule has 1 spiro atoms. The molecular weight excluding hydrogens is 228 g/mol. The van der Waals surface area contributed by atoms with Gasteiger partial charge in [0.15, 0.2) is 0 Å². The van der Waals surface area contributed by atoms with E-state index in [1.807, 2.05) is 0 Å². The minimum atomic E-state index is 0.198. The van der Waals surface area contributed by atoms with E-state index in [2.05, 4.69) is 10.6 Å². The number of rotatable bonds is 2. The van der Waals surface area contributed by atoms with Gasteiger partial charge < -0.3 is 15.4 Å². The van der Waals surface area contributed by atoms with Crippen molar-refractivity contribution in [3.63, 3.8) is 0 Å². The Labute approximate surface area is 109 Å². The Kier molecular flexibility index (Phi) is 3.57. The first-order chi connectivity index (χ1) is 8.77. The third-order valence-electron chi connectivity index (χ3n) is 4.96. The van der Waals surface area contributed by atoms with Gasteiger partial charge in [-0.1, -0.05) is 0 Å². The number of carbonyl (C=O) groups excluding carboxylic acids is 1. The monoisotopic (exact) mass is 252 g/mol. The van der Waals surface area contributed by atoms with E-state index in [9.17, 15) is 4.79 Å². The molecule has 0 aromatic carbocycles. The van der Waals surface area contributed by atoms with Crippen LogP contribution in [0.15, 0.2) is 0 Å². The van der Waals surface area contributed by atoms with Crippen LogP contribution in [0, 0.1) is 11.3 Å². The number of hydrogen-bond donors (Lipinski definition) is 2. The standard InChI is InChI=1S/C14H24N2O2/c17-13(11-1-7-18-8-2-11)16-12-9-14(10-12)3-5-15-6-4-14/h11-12,15H,1-10H2,(H,16,17). The normalized spacial score (nSPS) is 28.9. The highest BCUT2D eigenvalue weighted by molar-refractivity contribution is 5.79. The molecule has 1 aliphatic carbocycles. The van der Waals surface area contributed by atoms with Crippen LogP contribution in [0.1, 0.15) is 38.5 Å². The maximum absolute atomic E-state index is 12.1. The molecule has 1 amide bonds. The van der Waals surface area contributed by atoms with Crippen molar-refractivity contribution in [2.45, 2.75) is 44.6 Å². The predicted molar refractivity (Wildman–Crippen MR) is 69.2 cm³/mol. The molecule has 2 aliphatic heterocycles. The van der Waals surface area contributed by atoms with Crippen LogP contribution < -0.4 is 10.6 Å². The van der Waals surface area contributed by atoms with Crippen molar-refractivity contribution in [2.75, 3.05) is 26.3 Å². The summed E-state index contributed by atoms with van der Waals surface area (Å²) in [4.78, 5) is 12.1. The minimum absolute atomic E-state index is 0.198. The Balaban J connectivity index is 1.43. The Bertz CT molecular complexity index is 299. The molecule has 2 heterocycles. The summed E-state index contributed by atoms with van der Waals surface area (Å²) < 4.78 is 5.30. The second-order valence-corrected chi connectivity index (χ2v) is 6.25. The maximum atomic E-state index is 12.1. The molecule has 4 nitrogen and oxygen atoms in total. The van der Waals surface area contributed by atoms with Crippen LogP contribution in [0.2, 0.25) is 0 Å². The number of hydrogen-bond acceptors (Lipinski definition) is 3. The Morgan fingerprint density at radius 3 is 2.50 bits per heavy atom. The minimum Gasteiger partial charge on any atom is -0.381 e. The summed E-state index contributed by atoms with van der Waals surface area (Å²) in [5.41, 5.74) is 0.554. The molecule has 3 rings (SSSR count). The van der Waals surface area contributed by atoms with Gasteiger partial charge in [0.1, 0.15) is 0 Å². The van der Waals surface area contributed by atoms with Crippen molar-refractivity contribution in [3.8, 4) is 0 Å². The highest BCUT2D eigenvalue weighted by Gasteiger charge is 2.45. The molecule has 4 heteroatoms. The van der Waals surface area contributed by atoms with E-state index in [1.54, 1.807) is 0 Å². The molecule has 0 radical (unpaired) electrons. The van der Waals surface area contributed by atoms with Crippen molar-refractivity contribution >= 4 is 5.91 Å². The summed E-state index contributed by atoms with van der Waals surface area (Å²) in [5, 5.41) is 6.66. The summed E-state index contributed by atoms with van der Waals surface area (Å²) in [6, 6.07) is 0.443. The molecule has 3 fully saturated rings. The molecule has 18 heavy (non-hydrogen) atoms. The van der Waals surface area contributed by atoms with Gasteiger partial charge in [-0.25, -0.2) is 0 Å². The van der Waals surface area contributed by atoms with E-state index in [-0.39, 0.29) is 11.8 Å². The van der Waals surface area contributed by atoms with Gasteiger partial charge >= 0.3 is 0 Å². The number of ether oxygens (including phenoxy) is 1. The number of carbonyl (C=O) groups is 1. The number of amides is 1. The molecule has 2 saturated heterocycles. The van der Waals surface area contributed by atoms with Gasteiger partial charge in [0, 0.05) is 25.2 Å². The van der Waals surface area contributed by atoms with Gasteiger partial charge in [0.2, 0.25) is 5.91 Å². The van der Waals surface area contributed by atoms with Gasteiger partial charge in [-0.05, 0) is 57.0 Å². The summed E-state index contributed by atoms with van der Waals surface area (Å²) in [6.45, 7) is 3.80. The summed E-state index contributed by atoms with van der Waals surface area (Å²) in [5.74, 6) is 0.468. The molecule has 0 atom stereocenters. The second-order valence-electron chi connectivity index (χ2n) is 6.25. The second kappa shape index (κ2) is 5.17. The lowest BCUT2D eigenvalue weighted by molar-refractivity contribution is -0.130. The van der Waals surface area contributed by atoms with Crippen LogP contribution in [0.3, 0.4) is 0 Å². The zero-order chi connectivity index (χ0) is 12.4. The quantitative estimate of drug-likeness (QED) is 0.772. The zero-order valence-electron chi connectivity index (χ0n) is 11.0. The molecule has 2 N–H and O–H groups in total. The average Bonchev–Trinajstić information content (AvgIpc) is 2.39.